The van der Waals surface area contributed by atoms with Crippen molar-refractivity contribution in [3.05, 3.63) is 107 Å². The predicted molar refractivity (Wildman–Crippen MR) is 183 cm³/mol. The van der Waals surface area contributed by atoms with Crippen LogP contribution in [0.4, 0.5) is 24.5 Å². The highest BCUT2D eigenvalue weighted by Crippen LogP contribution is 2.29. The number of benzene rings is 2. The van der Waals surface area contributed by atoms with Gasteiger partial charge in [-0.2, -0.15) is 13.2 Å². The standard InChI is InChI=1S/C36H39F3N6O4/c1-24(2)45-23-30(21-32(45)34(47)40-14-15-44-16-18-49-19-17-44)42-35(48)31-20-29(22-43(31)3)41-33(46)27-10-6-25(7-11-27)4-5-26-8-12-28(13-9-26)36(37,38)39/h4-13,20-24H,14-19H2,1-3H3,(H,40,47)(H,41,46)(H,42,48)/b5-4+. The normalized spacial score (nSPS) is 13.9. The average Bonchev–Trinajstić information content (AvgIpc) is 3.67. The van der Waals surface area contributed by atoms with Gasteiger partial charge in [0.05, 0.1) is 30.2 Å². The van der Waals surface area contributed by atoms with E-state index in [0.29, 0.717) is 53.6 Å². The molecule has 13 heteroatoms. The lowest BCUT2D eigenvalue weighted by Gasteiger charge is -2.26. The Balaban J connectivity index is 1.17. The van der Waals surface area contributed by atoms with Crippen molar-refractivity contribution in [3.63, 3.8) is 0 Å². The molecule has 10 nitrogen and oxygen atoms in total. The van der Waals surface area contributed by atoms with E-state index in [-0.39, 0.29) is 17.9 Å². The molecule has 5 rings (SSSR count). The molecule has 0 aliphatic carbocycles. The first-order valence-electron chi connectivity index (χ1n) is 15.9. The molecular formula is C36H39F3N6O4. The molecule has 0 unspecified atom stereocenters. The van der Waals surface area contributed by atoms with Crippen LogP contribution < -0.4 is 16.0 Å². The summed E-state index contributed by atoms with van der Waals surface area (Å²) in [6.07, 6.45) is 2.40. The van der Waals surface area contributed by atoms with Crippen LogP contribution in [-0.2, 0) is 18.0 Å². The molecule has 0 radical (unpaired) electrons. The molecule has 3 amide bonds. The van der Waals surface area contributed by atoms with Crippen molar-refractivity contribution in [2.45, 2.75) is 26.1 Å². The number of amides is 3. The van der Waals surface area contributed by atoms with Gasteiger partial charge in [-0.15, -0.1) is 0 Å². The minimum absolute atomic E-state index is 0.0217. The van der Waals surface area contributed by atoms with E-state index in [1.165, 1.54) is 12.1 Å². The van der Waals surface area contributed by atoms with E-state index in [4.69, 9.17) is 4.74 Å². The van der Waals surface area contributed by atoms with Crippen LogP contribution in [0.25, 0.3) is 12.2 Å². The van der Waals surface area contributed by atoms with Crippen LogP contribution in [0.2, 0.25) is 0 Å². The highest BCUT2D eigenvalue weighted by Gasteiger charge is 2.29. The van der Waals surface area contributed by atoms with Crippen LogP contribution in [0.15, 0.2) is 73.1 Å². The number of hydrogen-bond acceptors (Lipinski definition) is 5. The summed E-state index contributed by atoms with van der Waals surface area (Å²) in [6.45, 7) is 8.18. The smallest absolute Gasteiger partial charge is 0.379 e. The number of nitrogens with one attached hydrogen (secondary N) is 3. The van der Waals surface area contributed by atoms with Crippen LogP contribution in [0.5, 0.6) is 0 Å². The van der Waals surface area contributed by atoms with Crippen molar-refractivity contribution in [3.8, 4) is 0 Å². The van der Waals surface area contributed by atoms with Gasteiger partial charge >= 0.3 is 6.18 Å². The number of carbonyl (C=O) groups excluding carboxylic acids is 3. The van der Waals surface area contributed by atoms with E-state index in [2.05, 4.69) is 20.9 Å². The first kappa shape index (κ1) is 35.2. The second kappa shape index (κ2) is 15.4. The van der Waals surface area contributed by atoms with Crippen molar-refractivity contribution in [2.75, 3.05) is 50.0 Å². The van der Waals surface area contributed by atoms with Crippen molar-refractivity contribution < 1.29 is 32.3 Å². The zero-order valence-electron chi connectivity index (χ0n) is 27.5. The van der Waals surface area contributed by atoms with Gasteiger partial charge in [0, 0.05) is 57.2 Å². The molecule has 1 aliphatic heterocycles. The van der Waals surface area contributed by atoms with Crippen LogP contribution in [0.1, 0.15) is 67.9 Å². The van der Waals surface area contributed by atoms with Crippen molar-refractivity contribution >= 4 is 41.2 Å². The fourth-order valence-corrected chi connectivity index (χ4v) is 5.38. The van der Waals surface area contributed by atoms with Gasteiger partial charge in [0.1, 0.15) is 11.4 Å². The van der Waals surface area contributed by atoms with Gasteiger partial charge in [0.25, 0.3) is 17.7 Å². The number of hydrogen-bond donors (Lipinski definition) is 3. The lowest BCUT2D eigenvalue weighted by molar-refractivity contribution is -0.137. The molecular weight excluding hydrogens is 637 g/mol. The van der Waals surface area contributed by atoms with Gasteiger partial charge in [0.15, 0.2) is 0 Å². The molecule has 4 aromatic rings. The fraction of sp³-hybridized carbons (Fsp3) is 0.306. The fourth-order valence-electron chi connectivity index (χ4n) is 5.38. The number of rotatable bonds is 11. The Morgan fingerprint density at radius 1 is 0.816 bits per heavy atom. The summed E-state index contributed by atoms with van der Waals surface area (Å²) in [5.74, 6) is -1.02. The first-order chi connectivity index (χ1) is 23.4. The Bertz CT molecular complexity index is 1800. The van der Waals surface area contributed by atoms with Crippen LogP contribution in [-0.4, -0.2) is 71.1 Å². The molecule has 258 valence electrons. The Morgan fingerprint density at radius 3 is 2.00 bits per heavy atom. The number of alkyl halides is 3. The van der Waals surface area contributed by atoms with Crippen LogP contribution in [0, 0.1) is 0 Å². The monoisotopic (exact) mass is 676 g/mol. The van der Waals surface area contributed by atoms with Crippen molar-refractivity contribution in [1.82, 2.24) is 19.4 Å². The lowest BCUT2D eigenvalue weighted by atomic mass is 10.1. The van der Waals surface area contributed by atoms with E-state index in [1.54, 1.807) is 72.6 Å². The van der Waals surface area contributed by atoms with E-state index in [0.717, 1.165) is 37.3 Å². The van der Waals surface area contributed by atoms with E-state index < -0.39 is 17.6 Å². The van der Waals surface area contributed by atoms with Gasteiger partial charge in [-0.25, -0.2) is 0 Å². The van der Waals surface area contributed by atoms with E-state index >= 15 is 0 Å². The molecule has 3 N–H and O–H groups in total. The predicted octanol–water partition coefficient (Wildman–Crippen LogP) is 6.16. The van der Waals surface area contributed by atoms with Crippen LogP contribution >= 0.6 is 0 Å². The second-order valence-electron chi connectivity index (χ2n) is 12.0. The number of anilines is 2. The molecule has 0 atom stereocenters. The van der Waals surface area contributed by atoms with Gasteiger partial charge in [-0.3, -0.25) is 19.3 Å². The summed E-state index contributed by atoms with van der Waals surface area (Å²) in [5, 5.41) is 8.64. The maximum absolute atomic E-state index is 13.2. The van der Waals surface area contributed by atoms with Gasteiger partial charge in [0.2, 0.25) is 0 Å². The second-order valence-corrected chi connectivity index (χ2v) is 12.0. The highest BCUT2D eigenvalue weighted by atomic mass is 19.4. The maximum Gasteiger partial charge on any atom is 0.416 e. The zero-order valence-corrected chi connectivity index (χ0v) is 27.5. The summed E-state index contributed by atoms with van der Waals surface area (Å²) >= 11 is 0. The molecule has 0 saturated carbocycles. The third-order valence-electron chi connectivity index (χ3n) is 8.09. The summed E-state index contributed by atoms with van der Waals surface area (Å²) in [5.41, 5.74) is 2.67. The SMILES string of the molecule is CC(C)n1cc(NC(=O)c2cc(NC(=O)c3ccc(/C=C/c4ccc(C(F)(F)F)cc4)cc3)cn2C)cc1C(=O)NCCN1CCOCC1. The van der Waals surface area contributed by atoms with Gasteiger partial charge in [-0.1, -0.05) is 36.4 Å². The van der Waals surface area contributed by atoms with Gasteiger partial charge < -0.3 is 29.8 Å². The topological polar surface area (TPSA) is 110 Å². The number of aromatic nitrogens is 2. The number of carbonyl (C=O) groups is 3. The largest absolute Gasteiger partial charge is 0.416 e. The molecule has 3 heterocycles. The molecule has 2 aromatic carbocycles. The van der Waals surface area contributed by atoms with Crippen molar-refractivity contribution in [1.29, 1.82) is 0 Å². The Kier molecular flexibility index (Phi) is 11.0. The van der Waals surface area contributed by atoms with E-state index in [9.17, 15) is 27.6 Å². The van der Waals surface area contributed by atoms with Crippen LogP contribution in [0.3, 0.4) is 0 Å². The molecule has 0 bridgehead atoms. The summed E-state index contributed by atoms with van der Waals surface area (Å²) < 4.78 is 47.1. The number of halogens is 3. The Hall–Kier alpha value is -5.14. The number of ether oxygens (including phenoxy) is 1. The van der Waals surface area contributed by atoms with Crippen molar-refractivity contribution in [2.24, 2.45) is 7.05 Å². The lowest BCUT2D eigenvalue weighted by Crippen LogP contribution is -2.41. The number of morpholine rings is 1. The quantitative estimate of drug-likeness (QED) is 0.165. The third-order valence-corrected chi connectivity index (χ3v) is 8.09. The summed E-state index contributed by atoms with van der Waals surface area (Å²) in [4.78, 5) is 41.5. The number of nitrogens with zero attached hydrogens (tertiary/aromatic N) is 3. The molecule has 1 fully saturated rings. The van der Waals surface area contributed by atoms with Gasteiger partial charge in [-0.05, 0) is 61.4 Å². The molecule has 0 spiro atoms. The summed E-state index contributed by atoms with van der Waals surface area (Å²) in [6, 6.07) is 14.7. The molecule has 1 saturated heterocycles. The average molecular weight is 677 g/mol. The minimum Gasteiger partial charge on any atom is -0.379 e. The highest BCUT2D eigenvalue weighted by molar-refractivity contribution is 6.07. The third kappa shape index (κ3) is 9.27. The number of aryl methyl sites for hydroxylation is 1. The van der Waals surface area contributed by atoms with E-state index in [1.807, 2.05) is 18.4 Å². The Labute approximate surface area is 282 Å². The molecule has 49 heavy (non-hydrogen) atoms. The molecule has 1 aliphatic rings. The molecule has 2 aromatic heterocycles. The zero-order chi connectivity index (χ0) is 35.1. The summed E-state index contributed by atoms with van der Waals surface area (Å²) in [7, 11) is 1.69. The maximum atomic E-state index is 13.2. The first-order valence-corrected chi connectivity index (χ1v) is 15.9. The minimum atomic E-state index is -4.39. The Morgan fingerprint density at radius 2 is 1.39 bits per heavy atom.